The van der Waals surface area contributed by atoms with Gasteiger partial charge in [0.25, 0.3) is 0 Å². The number of benzene rings is 1. The molecule has 0 aliphatic rings. The van der Waals surface area contributed by atoms with Crippen LogP contribution in [-0.2, 0) is 6.54 Å². The van der Waals surface area contributed by atoms with E-state index in [0.717, 1.165) is 11.4 Å². The highest BCUT2D eigenvalue weighted by Gasteiger charge is 2.11. The molecule has 0 aliphatic heterocycles. The highest BCUT2D eigenvalue weighted by molar-refractivity contribution is 5.40. The van der Waals surface area contributed by atoms with Crippen LogP contribution in [0.1, 0.15) is 32.0 Å². The van der Waals surface area contributed by atoms with Crippen molar-refractivity contribution in [2.75, 3.05) is 0 Å². The van der Waals surface area contributed by atoms with Gasteiger partial charge >= 0.3 is 0 Å². The fourth-order valence-corrected chi connectivity index (χ4v) is 1.70. The lowest BCUT2D eigenvalue weighted by Gasteiger charge is -2.19. The summed E-state index contributed by atoms with van der Waals surface area (Å²) < 4.78 is 15.1. The summed E-state index contributed by atoms with van der Waals surface area (Å²) in [5.74, 6) is -0.234. The van der Waals surface area contributed by atoms with E-state index in [-0.39, 0.29) is 11.4 Å². The van der Waals surface area contributed by atoms with Gasteiger partial charge in [0.05, 0.1) is 17.6 Å². The Labute approximate surface area is 112 Å². The minimum Gasteiger partial charge on any atom is -0.306 e. The molecule has 0 aliphatic carbocycles. The van der Waals surface area contributed by atoms with Gasteiger partial charge in [-0.3, -0.25) is 0 Å². The molecule has 0 radical (unpaired) electrons. The van der Waals surface area contributed by atoms with E-state index in [1.807, 2.05) is 12.3 Å². The smallest absolute Gasteiger partial charge is 0.128 e. The Hall–Kier alpha value is -1.75. The van der Waals surface area contributed by atoms with Crippen LogP contribution in [0.4, 0.5) is 4.39 Å². The van der Waals surface area contributed by atoms with Gasteiger partial charge in [-0.25, -0.2) is 9.07 Å². The predicted molar refractivity (Wildman–Crippen MR) is 72.6 cm³/mol. The van der Waals surface area contributed by atoms with Crippen LogP contribution < -0.4 is 5.32 Å². The quantitative estimate of drug-likeness (QED) is 0.924. The Kier molecular flexibility index (Phi) is 3.66. The summed E-state index contributed by atoms with van der Waals surface area (Å²) in [5.41, 5.74) is 2.15. The Morgan fingerprint density at radius 1 is 1.32 bits per heavy atom. The molecule has 5 heteroatoms. The third-order valence-corrected chi connectivity index (χ3v) is 2.83. The summed E-state index contributed by atoms with van der Waals surface area (Å²) in [6.07, 6.45) is 1.82. The third-order valence-electron chi connectivity index (χ3n) is 2.83. The first-order valence-corrected chi connectivity index (χ1v) is 6.28. The number of rotatable bonds is 3. The Morgan fingerprint density at radius 2 is 2.05 bits per heavy atom. The molecule has 1 aromatic heterocycles. The standard InChI is InChI=1S/C14H19FN4/c1-10-12(15)6-5-7-13(10)19-9-11(17-18-19)8-16-14(2,3)4/h5-7,9,16H,8H2,1-4H3. The van der Waals surface area contributed by atoms with Gasteiger partial charge in [-0.1, -0.05) is 11.3 Å². The average Bonchev–Trinajstić information content (AvgIpc) is 2.78. The van der Waals surface area contributed by atoms with E-state index in [0.29, 0.717) is 12.1 Å². The summed E-state index contributed by atoms with van der Waals surface area (Å²) in [5, 5.41) is 11.5. The van der Waals surface area contributed by atoms with Gasteiger partial charge in [-0.15, -0.1) is 5.10 Å². The lowest BCUT2D eigenvalue weighted by atomic mass is 10.1. The summed E-state index contributed by atoms with van der Waals surface area (Å²) in [6.45, 7) is 8.65. The molecule has 0 unspecified atom stereocenters. The highest BCUT2D eigenvalue weighted by Crippen LogP contribution is 2.16. The second kappa shape index (κ2) is 5.09. The Balaban J connectivity index is 2.19. The van der Waals surface area contributed by atoms with Crippen LogP contribution in [0, 0.1) is 12.7 Å². The lowest BCUT2D eigenvalue weighted by molar-refractivity contribution is 0.421. The summed E-state index contributed by atoms with van der Waals surface area (Å²) in [6, 6.07) is 4.94. The van der Waals surface area contributed by atoms with Crippen molar-refractivity contribution in [3.8, 4) is 5.69 Å². The van der Waals surface area contributed by atoms with Crippen molar-refractivity contribution in [1.82, 2.24) is 20.3 Å². The average molecular weight is 262 g/mol. The zero-order chi connectivity index (χ0) is 14.0. The molecule has 1 N–H and O–H groups in total. The van der Waals surface area contributed by atoms with Gasteiger partial charge in [0, 0.05) is 17.6 Å². The van der Waals surface area contributed by atoms with Crippen molar-refractivity contribution in [3.63, 3.8) is 0 Å². The maximum atomic E-state index is 13.5. The first kappa shape index (κ1) is 13.7. The van der Waals surface area contributed by atoms with Crippen LogP contribution in [0.5, 0.6) is 0 Å². The van der Waals surface area contributed by atoms with Crippen LogP contribution in [-0.4, -0.2) is 20.5 Å². The molecule has 0 fully saturated rings. The topological polar surface area (TPSA) is 42.7 Å². The number of nitrogens with zero attached hydrogens (tertiary/aromatic N) is 3. The zero-order valence-corrected chi connectivity index (χ0v) is 11.7. The van der Waals surface area contributed by atoms with E-state index in [1.54, 1.807) is 17.7 Å². The molecule has 0 amide bonds. The van der Waals surface area contributed by atoms with Gasteiger partial charge in [0.2, 0.25) is 0 Å². The fraction of sp³-hybridized carbons (Fsp3) is 0.429. The first-order valence-electron chi connectivity index (χ1n) is 6.28. The molecule has 1 heterocycles. The molecular formula is C14H19FN4. The predicted octanol–water partition coefficient (Wildman–Crippen LogP) is 2.60. The lowest BCUT2D eigenvalue weighted by Crippen LogP contribution is -2.35. The second-order valence-corrected chi connectivity index (χ2v) is 5.64. The Morgan fingerprint density at radius 3 is 2.74 bits per heavy atom. The molecule has 0 saturated heterocycles. The van der Waals surface area contributed by atoms with Crippen LogP contribution in [0.2, 0.25) is 0 Å². The van der Waals surface area contributed by atoms with Gasteiger partial charge < -0.3 is 5.32 Å². The molecule has 2 rings (SSSR count). The van der Waals surface area contributed by atoms with Crippen molar-refractivity contribution in [1.29, 1.82) is 0 Å². The van der Waals surface area contributed by atoms with Crippen LogP contribution in [0.25, 0.3) is 5.69 Å². The molecule has 1 aromatic carbocycles. The van der Waals surface area contributed by atoms with Crippen molar-refractivity contribution < 1.29 is 4.39 Å². The molecule has 19 heavy (non-hydrogen) atoms. The SMILES string of the molecule is Cc1c(F)cccc1-n1cc(CNC(C)(C)C)nn1. The summed E-state index contributed by atoms with van der Waals surface area (Å²) >= 11 is 0. The van der Waals surface area contributed by atoms with Crippen molar-refractivity contribution in [2.24, 2.45) is 0 Å². The highest BCUT2D eigenvalue weighted by atomic mass is 19.1. The second-order valence-electron chi connectivity index (χ2n) is 5.64. The molecule has 0 spiro atoms. The minimum absolute atomic E-state index is 0.0263. The molecule has 0 saturated carbocycles. The van der Waals surface area contributed by atoms with Crippen molar-refractivity contribution in [2.45, 2.75) is 39.8 Å². The van der Waals surface area contributed by atoms with E-state index in [1.165, 1.54) is 6.07 Å². The molecule has 0 atom stereocenters. The maximum Gasteiger partial charge on any atom is 0.128 e. The summed E-state index contributed by atoms with van der Waals surface area (Å²) in [7, 11) is 0. The summed E-state index contributed by atoms with van der Waals surface area (Å²) in [4.78, 5) is 0. The largest absolute Gasteiger partial charge is 0.306 e. The van der Waals surface area contributed by atoms with E-state index in [9.17, 15) is 4.39 Å². The molecule has 2 aromatic rings. The number of halogens is 1. The van der Waals surface area contributed by atoms with Crippen molar-refractivity contribution >= 4 is 0 Å². The van der Waals surface area contributed by atoms with Gasteiger partial charge in [0.15, 0.2) is 0 Å². The van der Waals surface area contributed by atoms with Gasteiger partial charge in [0.1, 0.15) is 5.82 Å². The number of aromatic nitrogens is 3. The molecule has 102 valence electrons. The molecule has 0 bridgehead atoms. The normalized spacial score (nSPS) is 11.8. The van der Waals surface area contributed by atoms with E-state index >= 15 is 0 Å². The van der Waals surface area contributed by atoms with E-state index < -0.39 is 0 Å². The number of hydrogen-bond donors (Lipinski definition) is 1. The van der Waals surface area contributed by atoms with Crippen LogP contribution in [0.15, 0.2) is 24.4 Å². The zero-order valence-electron chi connectivity index (χ0n) is 11.7. The maximum absolute atomic E-state index is 13.5. The van der Waals surface area contributed by atoms with Crippen molar-refractivity contribution in [3.05, 3.63) is 41.5 Å². The third kappa shape index (κ3) is 3.38. The number of hydrogen-bond acceptors (Lipinski definition) is 3. The van der Waals surface area contributed by atoms with Gasteiger partial charge in [-0.05, 0) is 39.8 Å². The van der Waals surface area contributed by atoms with Crippen LogP contribution >= 0.6 is 0 Å². The first-order chi connectivity index (χ1) is 8.87. The minimum atomic E-state index is -0.234. The monoisotopic (exact) mass is 262 g/mol. The van der Waals surface area contributed by atoms with E-state index in [4.69, 9.17) is 0 Å². The Bertz CT molecular complexity index is 569. The van der Waals surface area contributed by atoms with Gasteiger partial charge in [-0.2, -0.15) is 0 Å². The number of nitrogens with one attached hydrogen (secondary N) is 1. The van der Waals surface area contributed by atoms with Crippen LogP contribution in [0.3, 0.4) is 0 Å². The van der Waals surface area contributed by atoms with E-state index in [2.05, 4.69) is 36.4 Å². The molecular weight excluding hydrogens is 243 g/mol. The molecule has 4 nitrogen and oxygen atoms in total. The fourth-order valence-electron chi connectivity index (χ4n) is 1.70.